The highest BCUT2D eigenvalue weighted by Crippen LogP contribution is 2.31. The van der Waals surface area contributed by atoms with Gasteiger partial charge in [-0.15, -0.1) is 11.3 Å². The van der Waals surface area contributed by atoms with Crippen molar-refractivity contribution in [3.8, 4) is 0 Å². The summed E-state index contributed by atoms with van der Waals surface area (Å²) in [5, 5.41) is 14.2. The summed E-state index contributed by atoms with van der Waals surface area (Å²) in [6.07, 6.45) is 0. The lowest BCUT2D eigenvalue weighted by Crippen LogP contribution is -2.33. The molecule has 0 fully saturated rings. The zero-order valence-corrected chi connectivity index (χ0v) is 13.7. The predicted octanol–water partition coefficient (Wildman–Crippen LogP) is 1.85. The fraction of sp³-hybridized carbons (Fsp3) is 0.333. The Kier molecular flexibility index (Phi) is 4.54. The molecule has 2 heterocycles. The normalized spacial score (nSPS) is 11.6. The first-order valence-electron chi connectivity index (χ1n) is 6.06. The maximum Gasteiger partial charge on any atom is 0.347 e. The van der Waals surface area contributed by atoms with E-state index in [-0.39, 0.29) is 22.4 Å². The fourth-order valence-corrected chi connectivity index (χ4v) is 4.37. The van der Waals surface area contributed by atoms with E-state index in [1.54, 1.807) is 13.8 Å². The van der Waals surface area contributed by atoms with Gasteiger partial charge in [0.05, 0.1) is 5.69 Å². The third-order valence-electron chi connectivity index (χ3n) is 3.00. The van der Waals surface area contributed by atoms with Crippen LogP contribution in [0.5, 0.6) is 0 Å². The van der Waals surface area contributed by atoms with Crippen molar-refractivity contribution < 1.29 is 27.6 Å². The molecular weight excluding hydrogens is 332 g/mol. The molecular formula is C12H14N2O6S2. The Hall–Kier alpha value is -1.91. The van der Waals surface area contributed by atoms with E-state index in [0.29, 0.717) is 11.3 Å². The summed E-state index contributed by atoms with van der Waals surface area (Å²) in [6.45, 7) is 3.00. The smallest absolute Gasteiger partial charge is 0.347 e. The molecule has 120 valence electrons. The van der Waals surface area contributed by atoms with Crippen molar-refractivity contribution in [3.05, 3.63) is 27.6 Å². The Morgan fingerprint density at radius 2 is 2.18 bits per heavy atom. The molecule has 8 nitrogen and oxygen atoms in total. The van der Waals surface area contributed by atoms with E-state index >= 15 is 0 Å². The number of carboxylic acid groups (broad SMARTS) is 1. The average Bonchev–Trinajstić information content (AvgIpc) is 3.06. The number of thiophene rings is 1. The summed E-state index contributed by atoms with van der Waals surface area (Å²) in [4.78, 5) is 10.6. The van der Waals surface area contributed by atoms with Gasteiger partial charge in [0, 0.05) is 12.7 Å². The molecule has 0 bridgehead atoms. The molecule has 0 aliphatic rings. The van der Waals surface area contributed by atoms with Crippen LogP contribution in [-0.4, -0.2) is 38.5 Å². The van der Waals surface area contributed by atoms with Crippen LogP contribution in [0.3, 0.4) is 0 Å². The number of aromatic carboxylic acids is 1. The van der Waals surface area contributed by atoms with Gasteiger partial charge in [-0.2, -0.15) is 0 Å². The number of nitrogens with zero attached hydrogens (tertiary/aromatic N) is 2. The van der Waals surface area contributed by atoms with E-state index in [4.69, 9.17) is 14.4 Å². The van der Waals surface area contributed by atoms with Crippen LogP contribution in [0.25, 0.3) is 0 Å². The Morgan fingerprint density at radius 1 is 1.50 bits per heavy atom. The molecule has 2 aromatic rings. The largest absolute Gasteiger partial charge is 0.477 e. The maximum absolute atomic E-state index is 12.8. The van der Waals surface area contributed by atoms with Gasteiger partial charge in [0.25, 0.3) is 10.0 Å². The van der Waals surface area contributed by atoms with E-state index in [9.17, 15) is 13.2 Å². The van der Waals surface area contributed by atoms with Crippen LogP contribution in [0.4, 0.5) is 5.88 Å². The Morgan fingerprint density at radius 3 is 2.68 bits per heavy atom. The van der Waals surface area contributed by atoms with Crippen LogP contribution in [-0.2, 0) is 14.8 Å². The summed E-state index contributed by atoms with van der Waals surface area (Å²) >= 11 is 0.832. The summed E-state index contributed by atoms with van der Waals surface area (Å²) in [6, 6.07) is 1.24. The second kappa shape index (κ2) is 6.07. The van der Waals surface area contributed by atoms with Gasteiger partial charge in [0.15, 0.2) is 0 Å². The van der Waals surface area contributed by atoms with Crippen LogP contribution in [0, 0.1) is 13.8 Å². The molecule has 2 rings (SSSR count). The number of anilines is 1. The van der Waals surface area contributed by atoms with E-state index in [1.807, 2.05) is 0 Å². The summed E-state index contributed by atoms with van der Waals surface area (Å²) < 4.78 is 36.4. The molecule has 0 spiro atoms. The molecule has 10 heteroatoms. The van der Waals surface area contributed by atoms with Crippen molar-refractivity contribution >= 4 is 33.2 Å². The lowest BCUT2D eigenvalue weighted by atomic mass is 10.3. The van der Waals surface area contributed by atoms with Crippen molar-refractivity contribution in [1.82, 2.24) is 5.16 Å². The minimum Gasteiger partial charge on any atom is -0.477 e. The van der Waals surface area contributed by atoms with Gasteiger partial charge in [-0.1, -0.05) is 5.16 Å². The molecule has 2 aromatic heterocycles. The number of methoxy groups -OCH3 is 1. The van der Waals surface area contributed by atoms with E-state index in [2.05, 4.69) is 5.16 Å². The fourth-order valence-electron chi connectivity index (χ4n) is 1.77. The average molecular weight is 346 g/mol. The molecule has 0 saturated carbocycles. The highest BCUT2D eigenvalue weighted by Gasteiger charge is 2.33. The molecule has 0 saturated heterocycles. The summed E-state index contributed by atoms with van der Waals surface area (Å²) in [5.41, 5.74) is 1.07. The molecule has 22 heavy (non-hydrogen) atoms. The molecule has 0 unspecified atom stereocenters. The van der Waals surface area contributed by atoms with Crippen LogP contribution in [0.2, 0.25) is 0 Å². The van der Waals surface area contributed by atoms with E-state index in [0.717, 1.165) is 15.6 Å². The topological polar surface area (TPSA) is 110 Å². The summed E-state index contributed by atoms with van der Waals surface area (Å²) in [7, 11) is -2.83. The zero-order valence-electron chi connectivity index (χ0n) is 12.1. The number of carboxylic acids is 1. The zero-order chi connectivity index (χ0) is 16.5. The van der Waals surface area contributed by atoms with Gasteiger partial charge in [0.2, 0.25) is 5.88 Å². The van der Waals surface area contributed by atoms with E-state index in [1.165, 1.54) is 18.6 Å². The number of sulfonamides is 1. The van der Waals surface area contributed by atoms with Crippen LogP contribution in [0.15, 0.2) is 20.9 Å². The first-order valence-corrected chi connectivity index (χ1v) is 8.38. The Balaban J connectivity index is 2.58. The molecule has 0 radical (unpaired) electrons. The number of carbonyl (C=O) groups is 1. The lowest BCUT2D eigenvalue weighted by Gasteiger charge is -2.20. The van der Waals surface area contributed by atoms with Crippen molar-refractivity contribution in [2.24, 2.45) is 0 Å². The Labute approximate surface area is 131 Å². The van der Waals surface area contributed by atoms with Crippen LogP contribution >= 0.6 is 11.3 Å². The van der Waals surface area contributed by atoms with Gasteiger partial charge in [-0.25, -0.2) is 17.5 Å². The first kappa shape index (κ1) is 16.5. The monoisotopic (exact) mass is 346 g/mol. The van der Waals surface area contributed by atoms with Crippen molar-refractivity contribution in [3.63, 3.8) is 0 Å². The molecule has 0 amide bonds. The van der Waals surface area contributed by atoms with Gasteiger partial charge in [0.1, 0.15) is 16.5 Å². The standard InChI is InChI=1S/C12H14N2O6S2/c1-7-8(2)13-20-11(7)14(6-19-3)22(17,18)9-4-5-21-10(9)12(15)16/h4-5H,6H2,1-3H3,(H,15,16). The number of aryl methyl sites for hydroxylation is 1. The minimum atomic E-state index is -4.15. The molecule has 1 N–H and O–H groups in total. The third kappa shape index (κ3) is 2.72. The van der Waals surface area contributed by atoms with Crippen molar-refractivity contribution in [2.75, 3.05) is 18.1 Å². The van der Waals surface area contributed by atoms with Crippen molar-refractivity contribution in [1.29, 1.82) is 0 Å². The SMILES string of the molecule is COCN(c1onc(C)c1C)S(=O)(=O)c1ccsc1C(=O)O. The number of ether oxygens (including phenoxy) is 1. The molecule has 0 aromatic carbocycles. The highest BCUT2D eigenvalue weighted by molar-refractivity contribution is 7.93. The van der Waals surface area contributed by atoms with Gasteiger partial charge < -0.3 is 14.4 Å². The first-order chi connectivity index (χ1) is 10.3. The lowest BCUT2D eigenvalue weighted by molar-refractivity contribution is 0.0698. The summed E-state index contributed by atoms with van der Waals surface area (Å²) in [5.74, 6) is -1.31. The third-order valence-corrected chi connectivity index (χ3v) is 5.78. The van der Waals surface area contributed by atoms with E-state index < -0.39 is 16.0 Å². The minimum absolute atomic E-state index is 0.00175. The number of aromatic nitrogens is 1. The Bertz CT molecular complexity index is 792. The maximum atomic E-state index is 12.8. The van der Waals surface area contributed by atoms with Gasteiger partial charge in [-0.3, -0.25) is 0 Å². The second-order valence-electron chi connectivity index (χ2n) is 4.39. The van der Waals surface area contributed by atoms with Crippen molar-refractivity contribution in [2.45, 2.75) is 18.7 Å². The second-order valence-corrected chi connectivity index (χ2v) is 7.14. The predicted molar refractivity (Wildman–Crippen MR) is 78.8 cm³/mol. The molecule has 0 aliphatic carbocycles. The highest BCUT2D eigenvalue weighted by atomic mass is 32.2. The van der Waals surface area contributed by atoms with Gasteiger partial charge in [-0.05, 0) is 25.3 Å². The number of hydrogen-bond acceptors (Lipinski definition) is 7. The quantitative estimate of drug-likeness (QED) is 0.795. The number of rotatable bonds is 6. The number of hydrogen-bond donors (Lipinski definition) is 1. The molecule has 0 atom stereocenters. The van der Waals surface area contributed by atoms with Gasteiger partial charge >= 0.3 is 5.97 Å². The molecule has 0 aliphatic heterocycles. The van der Waals surface area contributed by atoms with Crippen LogP contribution < -0.4 is 4.31 Å². The van der Waals surface area contributed by atoms with Crippen LogP contribution in [0.1, 0.15) is 20.9 Å².